The van der Waals surface area contributed by atoms with Crippen LogP contribution >= 0.6 is 0 Å². The van der Waals surface area contributed by atoms with E-state index in [-0.39, 0.29) is 37.5 Å². The normalized spacial score (nSPS) is 12.6. The Morgan fingerprint density at radius 1 is 1.05 bits per heavy atom. The molecule has 0 bridgehead atoms. The molecule has 7 nitrogen and oxygen atoms in total. The molecule has 0 saturated carbocycles. The van der Waals surface area contributed by atoms with Crippen molar-refractivity contribution in [3.63, 3.8) is 0 Å². The lowest BCUT2D eigenvalue weighted by Crippen LogP contribution is -2.48. The molecule has 210 valence electrons. The number of sulfonamides is 1. The summed E-state index contributed by atoms with van der Waals surface area (Å²) in [6.07, 6.45) is -2.32. The van der Waals surface area contributed by atoms with Crippen LogP contribution < -0.4 is 9.62 Å². The zero-order valence-electron chi connectivity index (χ0n) is 21.6. The van der Waals surface area contributed by atoms with Gasteiger partial charge in [0, 0.05) is 26.1 Å². The van der Waals surface area contributed by atoms with E-state index in [1.807, 2.05) is 6.92 Å². The van der Waals surface area contributed by atoms with Crippen LogP contribution in [0, 0.1) is 5.82 Å². The number of benzene rings is 2. The van der Waals surface area contributed by atoms with Crippen LogP contribution in [0.3, 0.4) is 0 Å². The van der Waals surface area contributed by atoms with E-state index in [1.54, 1.807) is 6.92 Å². The highest BCUT2D eigenvalue weighted by molar-refractivity contribution is 7.92. The lowest BCUT2D eigenvalue weighted by atomic mass is 10.1. The van der Waals surface area contributed by atoms with E-state index in [1.165, 1.54) is 35.2 Å². The number of rotatable bonds is 13. The molecular formula is C26H33F4N3O4S. The minimum absolute atomic E-state index is 0.00770. The summed E-state index contributed by atoms with van der Waals surface area (Å²) < 4.78 is 78.3. The molecule has 2 amide bonds. The second-order valence-electron chi connectivity index (χ2n) is 8.96. The first-order valence-corrected chi connectivity index (χ1v) is 14.1. The Kier molecular flexibility index (Phi) is 11.1. The second-order valence-corrected chi connectivity index (χ2v) is 10.9. The average Bonchev–Trinajstić information content (AvgIpc) is 2.84. The van der Waals surface area contributed by atoms with Gasteiger partial charge in [-0.15, -0.1) is 0 Å². The van der Waals surface area contributed by atoms with Crippen molar-refractivity contribution in [2.45, 2.75) is 58.3 Å². The number of alkyl halides is 3. The van der Waals surface area contributed by atoms with Gasteiger partial charge in [-0.1, -0.05) is 31.5 Å². The zero-order valence-corrected chi connectivity index (χ0v) is 22.4. The lowest BCUT2D eigenvalue weighted by Gasteiger charge is -2.29. The summed E-state index contributed by atoms with van der Waals surface area (Å²) in [5.41, 5.74) is -0.565. The summed E-state index contributed by atoms with van der Waals surface area (Å²) in [5, 5.41) is 2.77. The van der Waals surface area contributed by atoms with Crippen molar-refractivity contribution in [2.24, 2.45) is 0 Å². The maximum Gasteiger partial charge on any atom is 0.416 e. The van der Waals surface area contributed by atoms with Crippen molar-refractivity contribution >= 4 is 27.5 Å². The SMILES string of the molecule is CCCCNC(=O)[C@H](C)N(Cc1ccc(F)cc1)C(=O)CCCN(c1cccc(C(F)(F)F)c1)S(C)(=O)=O. The Morgan fingerprint density at radius 2 is 1.71 bits per heavy atom. The highest BCUT2D eigenvalue weighted by Crippen LogP contribution is 2.32. The fraction of sp³-hybridized carbons (Fsp3) is 0.462. The number of hydrogen-bond donors (Lipinski definition) is 1. The van der Waals surface area contributed by atoms with Gasteiger partial charge in [0.25, 0.3) is 0 Å². The molecule has 0 heterocycles. The van der Waals surface area contributed by atoms with Gasteiger partial charge >= 0.3 is 6.18 Å². The number of unbranched alkanes of at least 4 members (excludes halogenated alkanes) is 1. The quantitative estimate of drug-likeness (QED) is 0.284. The van der Waals surface area contributed by atoms with Gasteiger partial charge in [-0.3, -0.25) is 13.9 Å². The molecule has 1 N–H and O–H groups in total. The summed E-state index contributed by atoms with van der Waals surface area (Å²) in [4.78, 5) is 27.2. The first kappa shape index (κ1) is 31.1. The van der Waals surface area contributed by atoms with E-state index in [4.69, 9.17) is 0 Å². The van der Waals surface area contributed by atoms with Gasteiger partial charge < -0.3 is 10.2 Å². The number of amides is 2. The highest BCUT2D eigenvalue weighted by atomic mass is 32.2. The largest absolute Gasteiger partial charge is 0.416 e. The molecule has 0 radical (unpaired) electrons. The molecule has 0 saturated heterocycles. The van der Waals surface area contributed by atoms with Crippen molar-refractivity contribution in [1.82, 2.24) is 10.2 Å². The molecule has 0 aliphatic rings. The molecule has 0 unspecified atom stereocenters. The van der Waals surface area contributed by atoms with Crippen molar-refractivity contribution in [2.75, 3.05) is 23.7 Å². The number of anilines is 1. The van der Waals surface area contributed by atoms with Crippen LogP contribution in [0.5, 0.6) is 0 Å². The van der Waals surface area contributed by atoms with Crippen LogP contribution in [-0.2, 0) is 32.3 Å². The van der Waals surface area contributed by atoms with Crippen molar-refractivity contribution in [3.8, 4) is 0 Å². The predicted octanol–water partition coefficient (Wildman–Crippen LogP) is 4.72. The van der Waals surface area contributed by atoms with E-state index >= 15 is 0 Å². The third kappa shape index (κ3) is 9.30. The van der Waals surface area contributed by atoms with Crippen LogP contribution in [0.1, 0.15) is 50.7 Å². The Hall–Kier alpha value is -3.15. The van der Waals surface area contributed by atoms with Crippen LogP contribution in [0.15, 0.2) is 48.5 Å². The minimum atomic E-state index is -4.65. The number of halogens is 4. The lowest BCUT2D eigenvalue weighted by molar-refractivity contribution is -0.140. The molecule has 2 rings (SSSR count). The second kappa shape index (κ2) is 13.6. The van der Waals surface area contributed by atoms with Crippen molar-refractivity contribution < 1.29 is 35.6 Å². The molecule has 0 fully saturated rings. The molecule has 0 aliphatic carbocycles. The van der Waals surface area contributed by atoms with Gasteiger partial charge in [0.1, 0.15) is 11.9 Å². The van der Waals surface area contributed by atoms with E-state index < -0.39 is 39.5 Å². The average molecular weight is 560 g/mol. The van der Waals surface area contributed by atoms with Gasteiger partial charge in [0.15, 0.2) is 0 Å². The summed E-state index contributed by atoms with van der Waals surface area (Å²) in [5.74, 6) is -1.27. The number of carbonyl (C=O) groups excluding carboxylic acids is 2. The number of hydrogen-bond acceptors (Lipinski definition) is 4. The van der Waals surface area contributed by atoms with Gasteiger partial charge in [-0.25, -0.2) is 12.8 Å². The molecule has 38 heavy (non-hydrogen) atoms. The Balaban J connectivity index is 2.19. The minimum Gasteiger partial charge on any atom is -0.354 e. The molecule has 2 aromatic carbocycles. The third-order valence-electron chi connectivity index (χ3n) is 5.88. The van der Waals surface area contributed by atoms with Gasteiger partial charge in [0.2, 0.25) is 21.8 Å². The maximum atomic E-state index is 13.4. The number of nitrogens with one attached hydrogen (secondary N) is 1. The van der Waals surface area contributed by atoms with E-state index in [0.29, 0.717) is 12.1 Å². The highest BCUT2D eigenvalue weighted by Gasteiger charge is 2.32. The molecule has 0 aromatic heterocycles. The molecule has 0 aliphatic heterocycles. The zero-order chi connectivity index (χ0) is 28.5. The van der Waals surface area contributed by atoms with E-state index in [0.717, 1.165) is 41.6 Å². The Labute approximate surface area is 220 Å². The summed E-state index contributed by atoms with van der Waals surface area (Å²) in [7, 11) is -3.95. The van der Waals surface area contributed by atoms with Crippen LogP contribution in [0.25, 0.3) is 0 Å². The van der Waals surface area contributed by atoms with E-state index in [9.17, 15) is 35.6 Å². The molecule has 1 atom stereocenters. The number of nitrogens with zero attached hydrogens (tertiary/aromatic N) is 2. The Bertz CT molecular complexity index is 1190. The Morgan fingerprint density at radius 3 is 2.29 bits per heavy atom. The monoisotopic (exact) mass is 559 g/mol. The summed E-state index contributed by atoms with van der Waals surface area (Å²) in [6, 6.07) is 8.56. The van der Waals surface area contributed by atoms with Crippen molar-refractivity contribution in [1.29, 1.82) is 0 Å². The van der Waals surface area contributed by atoms with Crippen LogP contribution in [0.4, 0.5) is 23.2 Å². The predicted molar refractivity (Wildman–Crippen MR) is 137 cm³/mol. The molecule has 0 spiro atoms. The van der Waals surface area contributed by atoms with Gasteiger partial charge in [0.05, 0.1) is 17.5 Å². The smallest absolute Gasteiger partial charge is 0.354 e. The topological polar surface area (TPSA) is 86.8 Å². The molecule has 12 heteroatoms. The fourth-order valence-electron chi connectivity index (χ4n) is 3.75. The maximum absolute atomic E-state index is 13.4. The van der Waals surface area contributed by atoms with Gasteiger partial charge in [-0.05, 0) is 55.7 Å². The van der Waals surface area contributed by atoms with Crippen molar-refractivity contribution in [3.05, 3.63) is 65.5 Å². The van der Waals surface area contributed by atoms with Crippen LogP contribution in [0.2, 0.25) is 0 Å². The first-order valence-electron chi connectivity index (χ1n) is 12.2. The van der Waals surface area contributed by atoms with Gasteiger partial charge in [-0.2, -0.15) is 13.2 Å². The first-order chi connectivity index (χ1) is 17.7. The molecule has 2 aromatic rings. The summed E-state index contributed by atoms with van der Waals surface area (Å²) in [6.45, 7) is 3.75. The summed E-state index contributed by atoms with van der Waals surface area (Å²) >= 11 is 0. The fourth-order valence-corrected chi connectivity index (χ4v) is 4.70. The molecular weight excluding hydrogens is 526 g/mol. The number of carbonyl (C=O) groups is 2. The standard InChI is InChI=1S/C26H33F4N3O4S/c1-4-5-15-31-25(35)19(2)32(18-20-11-13-22(27)14-12-20)24(34)10-7-16-33(38(3,36)37)23-9-6-8-21(17-23)26(28,29)30/h6,8-9,11-14,17,19H,4-5,7,10,15-16,18H2,1-3H3,(H,31,35)/t19-/m0/s1. The van der Waals surface area contributed by atoms with E-state index in [2.05, 4.69) is 5.32 Å². The van der Waals surface area contributed by atoms with Crippen LogP contribution in [-0.4, -0.2) is 50.5 Å². The third-order valence-corrected chi connectivity index (χ3v) is 7.07.